The molecule has 4 N–H and O–H groups in total. The van der Waals surface area contributed by atoms with Gasteiger partial charge in [0.05, 0.1) is 11.6 Å². The van der Waals surface area contributed by atoms with E-state index in [0.29, 0.717) is 17.9 Å². The molecule has 6 heteroatoms. The van der Waals surface area contributed by atoms with E-state index in [9.17, 15) is 9.90 Å². The lowest BCUT2D eigenvalue weighted by Gasteiger charge is -2.46. The van der Waals surface area contributed by atoms with Crippen LogP contribution in [0.15, 0.2) is 18.2 Å². The summed E-state index contributed by atoms with van der Waals surface area (Å²) in [6.07, 6.45) is 4.05. The molecule has 0 heterocycles. The lowest BCUT2D eigenvalue weighted by Crippen LogP contribution is -2.57. The second-order valence-corrected chi connectivity index (χ2v) is 9.25. The van der Waals surface area contributed by atoms with Crippen LogP contribution in [0, 0.1) is 11.3 Å². The third kappa shape index (κ3) is 5.37. The van der Waals surface area contributed by atoms with Crippen LogP contribution in [-0.2, 0) is 16.7 Å². The first kappa shape index (κ1) is 22.0. The molecule has 0 aromatic heterocycles. The molecular weight excluding hydrogens is 364 g/mol. The van der Waals surface area contributed by atoms with Gasteiger partial charge in [-0.15, -0.1) is 0 Å². The lowest BCUT2D eigenvalue weighted by molar-refractivity contribution is -0.0107. The van der Waals surface area contributed by atoms with Crippen molar-refractivity contribution in [3.8, 4) is 0 Å². The van der Waals surface area contributed by atoms with Crippen molar-refractivity contribution in [2.45, 2.75) is 64.5 Å². The number of hydrogen-bond donors (Lipinski definition) is 3. The average Bonchev–Trinajstić information content (AvgIpc) is 2.59. The number of hydrogen-bond acceptors (Lipinski definition) is 3. The molecule has 1 aromatic rings. The highest BCUT2D eigenvalue weighted by atomic mass is 35.5. The topological polar surface area (TPSA) is 84.6 Å². The Morgan fingerprint density at radius 1 is 1.44 bits per heavy atom. The fourth-order valence-electron chi connectivity index (χ4n) is 4.05. The van der Waals surface area contributed by atoms with Gasteiger partial charge in [0.25, 0.3) is 0 Å². The fourth-order valence-corrected chi connectivity index (χ4v) is 4.32. The molecule has 0 radical (unpaired) electrons. The zero-order valence-corrected chi connectivity index (χ0v) is 17.6. The molecule has 2 amide bonds. The Balaban J connectivity index is 2.36. The molecular formula is C21H33ClN2O3. The smallest absolute Gasteiger partial charge is 0.312 e. The Bertz CT molecular complexity index is 659. The van der Waals surface area contributed by atoms with Gasteiger partial charge in [0.15, 0.2) is 0 Å². The van der Waals surface area contributed by atoms with Crippen molar-refractivity contribution in [1.82, 2.24) is 5.32 Å². The van der Waals surface area contributed by atoms with Crippen LogP contribution in [0.25, 0.3) is 0 Å². The Morgan fingerprint density at radius 3 is 2.67 bits per heavy atom. The van der Waals surface area contributed by atoms with Crippen LogP contribution in [0.1, 0.15) is 57.6 Å². The van der Waals surface area contributed by atoms with Crippen molar-refractivity contribution < 1.29 is 14.6 Å². The number of methoxy groups -OCH3 is 1. The third-order valence-corrected chi connectivity index (χ3v) is 6.07. The van der Waals surface area contributed by atoms with E-state index in [-0.39, 0.29) is 24.0 Å². The predicted octanol–water partition coefficient (Wildman–Crippen LogP) is 3.99. The number of primary amides is 1. The molecule has 0 spiro atoms. The number of halogens is 1. The first-order valence-electron chi connectivity index (χ1n) is 9.61. The van der Waals surface area contributed by atoms with Crippen molar-refractivity contribution in [2.75, 3.05) is 13.7 Å². The van der Waals surface area contributed by atoms with Crippen molar-refractivity contribution in [2.24, 2.45) is 17.1 Å². The molecule has 1 aromatic carbocycles. The van der Waals surface area contributed by atoms with Gasteiger partial charge in [0.1, 0.15) is 0 Å². The summed E-state index contributed by atoms with van der Waals surface area (Å²) >= 11 is 6.59. The minimum absolute atomic E-state index is 0.0616. The second kappa shape index (κ2) is 8.80. The van der Waals surface area contributed by atoms with Crippen LogP contribution in [0.3, 0.4) is 0 Å². The number of nitrogens with one attached hydrogen (secondary N) is 1. The quantitative estimate of drug-likeness (QED) is 0.679. The minimum Gasteiger partial charge on any atom is -0.396 e. The van der Waals surface area contributed by atoms with Crippen LogP contribution in [0.2, 0.25) is 5.02 Å². The molecule has 5 nitrogen and oxygen atoms in total. The van der Waals surface area contributed by atoms with Gasteiger partial charge >= 0.3 is 6.03 Å². The van der Waals surface area contributed by atoms with E-state index >= 15 is 0 Å². The van der Waals surface area contributed by atoms with Gasteiger partial charge in [-0.3, -0.25) is 0 Å². The summed E-state index contributed by atoms with van der Waals surface area (Å²) in [5, 5.41) is 13.6. The van der Waals surface area contributed by atoms with Crippen molar-refractivity contribution in [3.05, 3.63) is 34.3 Å². The highest BCUT2D eigenvalue weighted by molar-refractivity contribution is 6.31. The summed E-state index contributed by atoms with van der Waals surface area (Å²) in [7, 11) is 1.68. The van der Waals surface area contributed by atoms with Crippen LogP contribution in [0.4, 0.5) is 4.79 Å². The lowest BCUT2D eigenvalue weighted by atomic mass is 9.68. The monoisotopic (exact) mass is 396 g/mol. The number of amides is 2. The van der Waals surface area contributed by atoms with Gasteiger partial charge in [0, 0.05) is 24.7 Å². The van der Waals surface area contributed by atoms with Gasteiger partial charge in [0.2, 0.25) is 0 Å². The normalized spacial score (nSPS) is 26.0. The van der Waals surface area contributed by atoms with Crippen molar-refractivity contribution >= 4 is 17.6 Å². The Kier molecular flexibility index (Phi) is 7.17. The summed E-state index contributed by atoms with van der Waals surface area (Å²) in [5.41, 5.74) is 6.98. The van der Waals surface area contributed by atoms with E-state index < -0.39 is 11.6 Å². The van der Waals surface area contributed by atoms with E-state index in [1.165, 1.54) is 0 Å². The van der Waals surface area contributed by atoms with Gasteiger partial charge in [-0.1, -0.05) is 44.5 Å². The first-order chi connectivity index (χ1) is 12.6. The Hall–Kier alpha value is -1.30. The van der Waals surface area contributed by atoms with Crippen LogP contribution in [-0.4, -0.2) is 31.0 Å². The van der Waals surface area contributed by atoms with Gasteiger partial charge in [-0.05, 0) is 54.7 Å². The SMILES string of the molecule is COC1CCC(NC(N)=O)(c2ccc(CCC(C)(C)C)c(Cl)c2)C(CO)C1. The van der Waals surface area contributed by atoms with Crippen LogP contribution in [0.5, 0.6) is 0 Å². The van der Waals surface area contributed by atoms with E-state index in [2.05, 4.69) is 26.1 Å². The number of aliphatic hydroxyl groups is 1. The van der Waals surface area contributed by atoms with Crippen LogP contribution >= 0.6 is 11.6 Å². The minimum atomic E-state index is -0.734. The number of carbonyl (C=O) groups is 1. The average molecular weight is 397 g/mol. The molecule has 1 aliphatic carbocycles. The second-order valence-electron chi connectivity index (χ2n) is 8.84. The maximum absolute atomic E-state index is 11.8. The molecule has 3 atom stereocenters. The maximum Gasteiger partial charge on any atom is 0.312 e. The van der Waals surface area contributed by atoms with Crippen molar-refractivity contribution in [1.29, 1.82) is 0 Å². The number of rotatable bonds is 6. The molecule has 0 saturated heterocycles. The fraction of sp³-hybridized carbons (Fsp3) is 0.667. The molecule has 2 rings (SSSR count). The van der Waals surface area contributed by atoms with E-state index in [1.54, 1.807) is 7.11 Å². The van der Waals surface area contributed by atoms with Gasteiger partial charge < -0.3 is 20.9 Å². The molecule has 1 aliphatic rings. The number of benzene rings is 1. The maximum atomic E-state index is 11.8. The largest absolute Gasteiger partial charge is 0.396 e. The van der Waals surface area contributed by atoms with E-state index in [1.807, 2.05) is 18.2 Å². The number of nitrogens with two attached hydrogens (primary N) is 1. The first-order valence-corrected chi connectivity index (χ1v) is 9.99. The standard InChI is InChI=1S/C21H33ClN2O3/c1-20(2,3)9-7-14-5-6-15(12-18(14)22)21(24-19(23)26)10-8-17(27-4)11-16(21)13-25/h5-6,12,16-17,25H,7-11,13H2,1-4H3,(H3,23,24,26). The number of urea groups is 1. The molecule has 152 valence electrons. The van der Waals surface area contributed by atoms with Gasteiger partial charge in [-0.25, -0.2) is 4.79 Å². The van der Waals surface area contributed by atoms with Crippen LogP contribution < -0.4 is 11.1 Å². The summed E-state index contributed by atoms with van der Waals surface area (Å²) in [4.78, 5) is 11.8. The zero-order valence-electron chi connectivity index (χ0n) is 16.8. The number of ether oxygens (including phenoxy) is 1. The molecule has 1 saturated carbocycles. The highest BCUT2D eigenvalue weighted by Gasteiger charge is 2.45. The number of aryl methyl sites for hydroxylation is 1. The molecule has 1 fully saturated rings. The predicted molar refractivity (Wildman–Crippen MR) is 109 cm³/mol. The van der Waals surface area contributed by atoms with Gasteiger partial charge in [-0.2, -0.15) is 0 Å². The zero-order chi connectivity index (χ0) is 20.2. The molecule has 3 unspecified atom stereocenters. The number of carbonyl (C=O) groups excluding carboxylic acids is 1. The Morgan fingerprint density at radius 2 is 2.15 bits per heavy atom. The van der Waals surface area contributed by atoms with E-state index in [4.69, 9.17) is 22.1 Å². The number of aliphatic hydroxyl groups excluding tert-OH is 1. The summed E-state index contributed by atoms with van der Waals surface area (Å²) < 4.78 is 5.48. The molecule has 0 aliphatic heterocycles. The molecule has 0 bridgehead atoms. The molecule has 27 heavy (non-hydrogen) atoms. The summed E-state index contributed by atoms with van der Waals surface area (Å²) in [5.74, 6) is -0.194. The summed E-state index contributed by atoms with van der Waals surface area (Å²) in [6, 6.07) is 5.36. The van der Waals surface area contributed by atoms with E-state index in [0.717, 1.165) is 30.4 Å². The van der Waals surface area contributed by atoms with Crippen molar-refractivity contribution in [3.63, 3.8) is 0 Å². The highest BCUT2D eigenvalue weighted by Crippen LogP contribution is 2.43. The Labute approximate surface area is 167 Å². The third-order valence-electron chi connectivity index (χ3n) is 5.72. The summed E-state index contributed by atoms with van der Waals surface area (Å²) in [6.45, 7) is 6.56.